The van der Waals surface area contributed by atoms with Crippen LogP contribution in [0.5, 0.6) is 0 Å². The predicted octanol–water partition coefficient (Wildman–Crippen LogP) is 3.15. The van der Waals surface area contributed by atoms with Gasteiger partial charge in [-0.15, -0.1) is 0 Å². The van der Waals surface area contributed by atoms with Crippen LogP contribution in [0.4, 0.5) is 0 Å². The Morgan fingerprint density at radius 3 is 2.38 bits per heavy atom. The molecule has 0 aliphatic heterocycles. The smallest absolute Gasteiger partial charge is 0.0991 e. The highest BCUT2D eigenvalue weighted by atomic mass is 14.2. The second-order valence-electron chi connectivity index (χ2n) is 3.27. The Morgan fingerprint density at radius 1 is 1.23 bits per heavy atom. The molecule has 0 fully saturated rings. The van der Waals surface area contributed by atoms with Gasteiger partial charge in [-0.25, -0.2) is 0 Å². The Balaban J connectivity index is 3.36. The highest BCUT2D eigenvalue weighted by Crippen LogP contribution is 2.22. The van der Waals surface area contributed by atoms with Crippen molar-refractivity contribution in [1.29, 1.82) is 5.26 Å². The van der Waals surface area contributed by atoms with Crippen molar-refractivity contribution in [2.45, 2.75) is 20.8 Å². The lowest BCUT2D eigenvalue weighted by Gasteiger charge is -2.09. The van der Waals surface area contributed by atoms with Gasteiger partial charge in [-0.3, -0.25) is 0 Å². The second-order valence-corrected chi connectivity index (χ2v) is 3.27. The van der Waals surface area contributed by atoms with Crippen LogP contribution in [0.25, 0.3) is 5.57 Å². The lowest BCUT2D eigenvalue weighted by molar-refractivity contribution is 1.25. The first-order chi connectivity index (χ1) is 6.07. The Bertz CT molecular complexity index is 394. The largest absolute Gasteiger partial charge is 0.192 e. The maximum atomic E-state index is 8.72. The molecular weight excluding hydrogens is 158 g/mol. The minimum atomic E-state index is 0.542. The molecule has 0 bridgehead atoms. The zero-order valence-corrected chi connectivity index (χ0v) is 8.31. The summed E-state index contributed by atoms with van der Waals surface area (Å²) in [5.41, 5.74) is 5.17. The topological polar surface area (TPSA) is 23.8 Å². The van der Waals surface area contributed by atoms with E-state index in [0.29, 0.717) is 5.57 Å². The number of allylic oxidation sites excluding steroid dienone is 1. The number of benzene rings is 1. The van der Waals surface area contributed by atoms with E-state index in [2.05, 4.69) is 26.5 Å². The Kier molecular flexibility index (Phi) is 2.53. The molecule has 0 spiro atoms. The molecule has 13 heavy (non-hydrogen) atoms. The number of aryl methyl sites for hydroxylation is 1. The maximum Gasteiger partial charge on any atom is 0.0991 e. The summed E-state index contributed by atoms with van der Waals surface area (Å²) in [5, 5.41) is 8.72. The van der Waals surface area contributed by atoms with Crippen LogP contribution in [0.1, 0.15) is 22.3 Å². The summed E-state index contributed by atoms with van der Waals surface area (Å²) in [6.45, 7) is 9.88. The van der Waals surface area contributed by atoms with E-state index >= 15 is 0 Å². The fourth-order valence-corrected chi connectivity index (χ4v) is 1.34. The van der Waals surface area contributed by atoms with Crippen molar-refractivity contribution >= 4 is 5.57 Å². The predicted molar refractivity (Wildman–Crippen MR) is 55.3 cm³/mol. The van der Waals surface area contributed by atoms with Crippen LogP contribution < -0.4 is 0 Å². The van der Waals surface area contributed by atoms with Gasteiger partial charge in [-0.1, -0.05) is 18.7 Å². The zero-order chi connectivity index (χ0) is 10.0. The zero-order valence-electron chi connectivity index (χ0n) is 8.31. The van der Waals surface area contributed by atoms with Gasteiger partial charge in [0, 0.05) is 0 Å². The number of hydrogen-bond acceptors (Lipinski definition) is 1. The monoisotopic (exact) mass is 171 g/mol. The minimum Gasteiger partial charge on any atom is -0.192 e. The van der Waals surface area contributed by atoms with E-state index < -0.39 is 0 Å². The summed E-state index contributed by atoms with van der Waals surface area (Å²) in [4.78, 5) is 0. The van der Waals surface area contributed by atoms with Crippen molar-refractivity contribution in [2.24, 2.45) is 0 Å². The molecule has 1 aromatic rings. The van der Waals surface area contributed by atoms with Gasteiger partial charge in [0.1, 0.15) is 0 Å². The molecular formula is C12H13N. The summed E-state index contributed by atoms with van der Waals surface area (Å²) in [7, 11) is 0. The first kappa shape index (κ1) is 9.54. The molecule has 1 rings (SSSR count). The first-order valence-corrected chi connectivity index (χ1v) is 4.24. The van der Waals surface area contributed by atoms with Crippen LogP contribution in [0.2, 0.25) is 0 Å². The first-order valence-electron chi connectivity index (χ1n) is 4.24. The number of rotatable bonds is 1. The van der Waals surface area contributed by atoms with Crippen LogP contribution in [0.3, 0.4) is 0 Å². The van der Waals surface area contributed by atoms with E-state index in [0.717, 1.165) is 11.1 Å². The molecule has 0 aromatic heterocycles. The number of nitriles is 1. The standard InChI is InChI=1S/C12H13N/c1-8-5-6-12(9(2)7-13)11(4)10(8)3/h5-6H,2H2,1,3-4H3. The van der Waals surface area contributed by atoms with Gasteiger partial charge in [0.15, 0.2) is 0 Å². The Morgan fingerprint density at radius 2 is 1.85 bits per heavy atom. The summed E-state index contributed by atoms with van der Waals surface area (Å²) in [5.74, 6) is 0. The second kappa shape index (κ2) is 3.45. The molecule has 0 aliphatic carbocycles. The van der Waals surface area contributed by atoms with Crippen molar-refractivity contribution in [3.63, 3.8) is 0 Å². The number of nitrogens with zero attached hydrogens (tertiary/aromatic N) is 1. The third-order valence-corrected chi connectivity index (χ3v) is 2.52. The molecule has 0 saturated heterocycles. The van der Waals surface area contributed by atoms with Crippen molar-refractivity contribution in [3.05, 3.63) is 41.0 Å². The molecule has 1 nitrogen and oxygen atoms in total. The minimum absolute atomic E-state index is 0.542. The fraction of sp³-hybridized carbons (Fsp3) is 0.250. The molecule has 0 saturated carbocycles. The number of hydrogen-bond donors (Lipinski definition) is 0. The van der Waals surface area contributed by atoms with E-state index in [1.54, 1.807) is 0 Å². The third kappa shape index (κ3) is 1.62. The molecule has 0 N–H and O–H groups in total. The van der Waals surface area contributed by atoms with Gasteiger partial charge in [-0.2, -0.15) is 5.26 Å². The lowest BCUT2D eigenvalue weighted by atomic mass is 9.95. The molecule has 0 aliphatic rings. The molecule has 0 radical (unpaired) electrons. The van der Waals surface area contributed by atoms with Crippen LogP contribution in [0, 0.1) is 32.1 Å². The summed E-state index contributed by atoms with van der Waals surface area (Å²) >= 11 is 0. The van der Waals surface area contributed by atoms with Crippen molar-refractivity contribution in [3.8, 4) is 6.07 Å². The van der Waals surface area contributed by atoms with Gasteiger partial charge < -0.3 is 0 Å². The van der Waals surface area contributed by atoms with Crippen molar-refractivity contribution in [1.82, 2.24) is 0 Å². The van der Waals surface area contributed by atoms with Crippen LogP contribution in [-0.2, 0) is 0 Å². The SMILES string of the molecule is C=C(C#N)c1ccc(C)c(C)c1C. The van der Waals surface area contributed by atoms with Gasteiger partial charge in [0.05, 0.1) is 11.6 Å². The van der Waals surface area contributed by atoms with Crippen LogP contribution >= 0.6 is 0 Å². The normalized spacial score (nSPS) is 9.38. The summed E-state index contributed by atoms with van der Waals surface area (Å²) in [6.07, 6.45) is 0. The van der Waals surface area contributed by atoms with Crippen molar-refractivity contribution < 1.29 is 0 Å². The van der Waals surface area contributed by atoms with Gasteiger partial charge in [-0.05, 0) is 43.0 Å². The molecule has 1 heteroatoms. The maximum absolute atomic E-state index is 8.72. The van der Waals surface area contributed by atoms with Crippen LogP contribution in [0.15, 0.2) is 18.7 Å². The molecule has 0 heterocycles. The lowest BCUT2D eigenvalue weighted by Crippen LogP contribution is -1.92. The van der Waals surface area contributed by atoms with Gasteiger partial charge in [0.2, 0.25) is 0 Å². The quantitative estimate of drug-likeness (QED) is 0.595. The third-order valence-electron chi connectivity index (χ3n) is 2.52. The summed E-state index contributed by atoms with van der Waals surface area (Å²) in [6, 6.07) is 6.06. The van der Waals surface area contributed by atoms with Gasteiger partial charge >= 0.3 is 0 Å². The average Bonchev–Trinajstić information content (AvgIpc) is 2.13. The highest BCUT2D eigenvalue weighted by Gasteiger charge is 2.05. The molecule has 0 atom stereocenters. The molecule has 1 aromatic carbocycles. The van der Waals surface area contributed by atoms with E-state index in [9.17, 15) is 0 Å². The fourth-order valence-electron chi connectivity index (χ4n) is 1.34. The van der Waals surface area contributed by atoms with E-state index in [1.165, 1.54) is 11.1 Å². The molecule has 0 unspecified atom stereocenters. The molecule has 66 valence electrons. The summed E-state index contributed by atoms with van der Waals surface area (Å²) < 4.78 is 0. The van der Waals surface area contributed by atoms with E-state index in [4.69, 9.17) is 5.26 Å². The average molecular weight is 171 g/mol. The van der Waals surface area contributed by atoms with Crippen LogP contribution in [-0.4, -0.2) is 0 Å². The Labute approximate surface area is 79.3 Å². The Hall–Kier alpha value is -1.55. The van der Waals surface area contributed by atoms with Crippen molar-refractivity contribution in [2.75, 3.05) is 0 Å². The molecule has 0 amide bonds. The van der Waals surface area contributed by atoms with E-state index in [-0.39, 0.29) is 0 Å². The van der Waals surface area contributed by atoms with Gasteiger partial charge in [0.25, 0.3) is 0 Å². The highest BCUT2D eigenvalue weighted by molar-refractivity contribution is 5.77. The van der Waals surface area contributed by atoms with E-state index in [1.807, 2.05) is 19.1 Å².